The molecule has 0 bridgehead atoms. The van der Waals surface area contributed by atoms with Crippen LogP contribution in [0.15, 0.2) is 24.3 Å². The van der Waals surface area contributed by atoms with Gasteiger partial charge in [-0.2, -0.15) is 0 Å². The first-order valence-corrected chi connectivity index (χ1v) is 8.75. The van der Waals surface area contributed by atoms with E-state index < -0.39 is 0 Å². The molecule has 1 aliphatic carbocycles. The lowest BCUT2D eigenvalue weighted by Gasteiger charge is -2.27. The summed E-state index contributed by atoms with van der Waals surface area (Å²) in [5, 5.41) is 6.34. The Bertz CT molecular complexity index is 499. The zero-order chi connectivity index (χ0) is 15.9. The van der Waals surface area contributed by atoms with Gasteiger partial charge in [0.1, 0.15) is 5.75 Å². The van der Waals surface area contributed by atoms with Gasteiger partial charge in [-0.3, -0.25) is 4.79 Å². The SMILES string of the molecule is Cl.O=C(NCCCN1CCNCC1)c1ccc(OCC2CC2)cc1. The standard InChI is InChI=1S/C18H27N3O2.ClH/c22-18(20-8-1-11-21-12-9-19-10-13-21)16-4-6-17(7-5-16)23-14-15-2-3-15;/h4-7,15,19H,1-3,8-14H2,(H,20,22);1H. The van der Waals surface area contributed by atoms with Gasteiger partial charge in [-0.25, -0.2) is 0 Å². The molecule has 1 aliphatic heterocycles. The highest BCUT2D eigenvalue weighted by Gasteiger charge is 2.21. The van der Waals surface area contributed by atoms with Gasteiger partial charge >= 0.3 is 0 Å². The van der Waals surface area contributed by atoms with E-state index in [1.54, 1.807) is 0 Å². The Morgan fingerprint density at radius 1 is 1.21 bits per heavy atom. The highest BCUT2D eigenvalue weighted by Crippen LogP contribution is 2.29. The number of piperazine rings is 1. The second-order valence-electron chi connectivity index (χ2n) is 6.48. The van der Waals surface area contributed by atoms with Crippen LogP contribution in [0.2, 0.25) is 0 Å². The normalized spacial score (nSPS) is 17.8. The smallest absolute Gasteiger partial charge is 0.251 e. The summed E-state index contributed by atoms with van der Waals surface area (Å²) in [6, 6.07) is 7.46. The van der Waals surface area contributed by atoms with Crippen molar-refractivity contribution in [3.05, 3.63) is 29.8 Å². The molecule has 0 spiro atoms. The monoisotopic (exact) mass is 353 g/mol. The molecule has 0 radical (unpaired) electrons. The van der Waals surface area contributed by atoms with Crippen LogP contribution in [0, 0.1) is 5.92 Å². The van der Waals surface area contributed by atoms with Crippen LogP contribution in [0.4, 0.5) is 0 Å². The highest BCUT2D eigenvalue weighted by atomic mass is 35.5. The largest absolute Gasteiger partial charge is 0.493 e. The molecule has 1 amide bonds. The molecular weight excluding hydrogens is 326 g/mol. The van der Waals surface area contributed by atoms with Crippen molar-refractivity contribution in [2.24, 2.45) is 5.92 Å². The number of hydrogen-bond acceptors (Lipinski definition) is 4. The molecule has 134 valence electrons. The van der Waals surface area contributed by atoms with Gasteiger partial charge in [0.25, 0.3) is 5.91 Å². The van der Waals surface area contributed by atoms with Crippen molar-refractivity contribution in [1.29, 1.82) is 0 Å². The van der Waals surface area contributed by atoms with E-state index in [0.717, 1.165) is 64.0 Å². The minimum atomic E-state index is -0.000876. The first-order valence-electron chi connectivity index (χ1n) is 8.75. The van der Waals surface area contributed by atoms with E-state index in [1.165, 1.54) is 12.8 Å². The molecule has 1 aromatic carbocycles. The molecular formula is C18H28ClN3O2. The van der Waals surface area contributed by atoms with Crippen LogP contribution >= 0.6 is 12.4 Å². The number of carbonyl (C=O) groups excluding carboxylic acids is 1. The van der Waals surface area contributed by atoms with Crippen LogP contribution in [0.1, 0.15) is 29.6 Å². The van der Waals surface area contributed by atoms with Crippen molar-refractivity contribution in [3.63, 3.8) is 0 Å². The lowest BCUT2D eigenvalue weighted by Crippen LogP contribution is -2.44. The molecule has 0 aromatic heterocycles. The van der Waals surface area contributed by atoms with Crippen LogP contribution in [-0.4, -0.2) is 56.7 Å². The maximum Gasteiger partial charge on any atom is 0.251 e. The van der Waals surface area contributed by atoms with Gasteiger partial charge in [-0.1, -0.05) is 0 Å². The molecule has 6 heteroatoms. The number of ether oxygens (including phenoxy) is 1. The highest BCUT2D eigenvalue weighted by molar-refractivity contribution is 5.94. The maximum absolute atomic E-state index is 12.1. The summed E-state index contributed by atoms with van der Waals surface area (Å²) in [5.41, 5.74) is 0.700. The van der Waals surface area contributed by atoms with Crippen molar-refractivity contribution in [2.45, 2.75) is 19.3 Å². The number of carbonyl (C=O) groups is 1. The lowest BCUT2D eigenvalue weighted by atomic mass is 10.2. The van der Waals surface area contributed by atoms with Crippen molar-refractivity contribution in [2.75, 3.05) is 45.9 Å². The Morgan fingerprint density at radius 3 is 2.58 bits per heavy atom. The van der Waals surface area contributed by atoms with Gasteiger partial charge in [0, 0.05) is 38.3 Å². The number of benzene rings is 1. The second-order valence-corrected chi connectivity index (χ2v) is 6.48. The predicted molar refractivity (Wildman–Crippen MR) is 98.2 cm³/mol. The van der Waals surface area contributed by atoms with E-state index >= 15 is 0 Å². The number of nitrogens with zero attached hydrogens (tertiary/aromatic N) is 1. The van der Waals surface area contributed by atoms with Crippen LogP contribution in [0.25, 0.3) is 0 Å². The van der Waals surface area contributed by atoms with Crippen LogP contribution in [-0.2, 0) is 0 Å². The Kier molecular flexibility index (Phi) is 7.82. The third kappa shape index (κ3) is 6.30. The predicted octanol–water partition coefficient (Wildman–Crippen LogP) is 1.92. The molecule has 2 N–H and O–H groups in total. The van der Waals surface area contributed by atoms with Crippen LogP contribution < -0.4 is 15.4 Å². The molecule has 1 aromatic rings. The zero-order valence-corrected chi connectivity index (χ0v) is 14.9. The second kappa shape index (κ2) is 9.87. The maximum atomic E-state index is 12.1. The van der Waals surface area contributed by atoms with Gasteiger partial charge < -0.3 is 20.3 Å². The van der Waals surface area contributed by atoms with E-state index in [9.17, 15) is 4.79 Å². The summed E-state index contributed by atoms with van der Waals surface area (Å²) < 4.78 is 5.69. The Hall–Kier alpha value is -1.30. The molecule has 1 heterocycles. The number of hydrogen-bond donors (Lipinski definition) is 2. The van der Waals surface area contributed by atoms with Gasteiger partial charge in [-0.05, 0) is 56.0 Å². The van der Waals surface area contributed by atoms with Gasteiger partial charge in [0.2, 0.25) is 0 Å². The molecule has 2 fully saturated rings. The van der Waals surface area contributed by atoms with E-state index in [1.807, 2.05) is 24.3 Å². The Labute approximate surface area is 150 Å². The lowest BCUT2D eigenvalue weighted by molar-refractivity contribution is 0.0951. The Morgan fingerprint density at radius 2 is 1.92 bits per heavy atom. The molecule has 3 rings (SSSR count). The van der Waals surface area contributed by atoms with Crippen molar-refractivity contribution in [3.8, 4) is 5.75 Å². The summed E-state index contributed by atoms with van der Waals surface area (Å²) in [4.78, 5) is 14.5. The van der Waals surface area contributed by atoms with Crippen molar-refractivity contribution < 1.29 is 9.53 Å². The first-order chi connectivity index (χ1) is 11.3. The van der Waals surface area contributed by atoms with Crippen molar-refractivity contribution in [1.82, 2.24) is 15.5 Å². The average Bonchev–Trinajstić information content (AvgIpc) is 3.42. The van der Waals surface area contributed by atoms with E-state index in [2.05, 4.69) is 15.5 Å². The first kappa shape index (κ1) is 19.0. The van der Waals surface area contributed by atoms with E-state index in [-0.39, 0.29) is 18.3 Å². The van der Waals surface area contributed by atoms with Gasteiger partial charge in [0.15, 0.2) is 0 Å². The molecule has 5 nitrogen and oxygen atoms in total. The topological polar surface area (TPSA) is 53.6 Å². The molecule has 1 saturated carbocycles. The quantitative estimate of drug-likeness (QED) is 0.701. The third-order valence-electron chi connectivity index (χ3n) is 4.45. The summed E-state index contributed by atoms with van der Waals surface area (Å²) in [6.45, 7) is 6.94. The van der Waals surface area contributed by atoms with E-state index in [0.29, 0.717) is 5.56 Å². The summed E-state index contributed by atoms with van der Waals surface area (Å²) in [5.74, 6) is 1.60. The molecule has 0 unspecified atom stereocenters. The number of halogens is 1. The summed E-state index contributed by atoms with van der Waals surface area (Å²) in [7, 11) is 0. The van der Waals surface area contributed by atoms with Gasteiger partial charge in [-0.15, -0.1) is 12.4 Å². The van der Waals surface area contributed by atoms with Crippen LogP contribution in [0.5, 0.6) is 5.75 Å². The third-order valence-corrected chi connectivity index (χ3v) is 4.45. The van der Waals surface area contributed by atoms with Gasteiger partial charge in [0.05, 0.1) is 6.61 Å². The minimum absolute atomic E-state index is 0. The fraction of sp³-hybridized carbons (Fsp3) is 0.611. The average molecular weight is 354 g/mol. The number of rotatable bonds is 8. The summed E-state index contributed by atoms with van der Waals surface area (Å²) in [6.07, 6.45) is 3.57. The molecule has 0 atom stereocenters. The van der Waals surface area contributed by atoms with Crippen LogP contribution in [0.3, 0.4) is 0 Å². The number of amides is 1. The molecule has 24 heavy (non-hydrogen) atoms. The Balaban J connectivity index is 0.00000208. The molecule has 1 saturated heterocycles. The molecule has 2 aliphatic rings. The zero-order valence-electron chi connectivity index (χ0n) is 14.1. The fourth-order valence-electron chi connectivity index (χ4n) is 2.74. The minimum Gasteiger partial charge on any atom is -0.493 e. The van der Waals surface area contributed by atoms with Crippen molar-refractivity contribution >= 4 is 18.3 Å². The summed E-state index contributed by atoms with van der Waals surface area (Å²) >= 11 is 0. The number of nitrogens with one attached hydrogen (secondary N) is 2. The van der Waals surface area contributed by atoms with E-state index in [4.69, 9.17) is 4.74 Å². The fourth-order valence-corrected chi connectivity index (χ4v) is 2.74.